The van der Waals surface area contributed by atoms with E-state index in [0.717, 1.165) is 0 Å². The molecule has 2 N–H and O–H groups in total. The summed E-state index contributed by atoms with van der Waals surface area (Å²) in [7, 11) is 0. The molecule has 2 atom stereocenters. The third-order valence-corrected chi connectivity index (χ3v) is 3.07. The van der Waals surface area contributed by atoms with Gasteiger partial charge in [-0.05, 0) is 19.8 Å². The Morgan fingerprint density at radius 2 is 2.25 bits per heavy atom. The first-order chi connectivity index (χ1) is 5.74. The minimum atomic E-state index is -0.317. The molecule has 0 aromatic rings. The molecule has 3 heteroatoms. The van der Waals surface area contributed by atoms with Gasteiger partial charge in [0.25, 0.3) is 0 Å². The van der Waals surface area contributed by atoms with Gasteiger partial charge >= 0.3 is 0 Å². The molecule has 1 heterocycles. The van der Waals surface area contributed by atoms with Crippen molar-refractivity contribution in [2.75, 3.05) is 13.2 Å². The lowest BCUT2D eigenvalue weighted by molar-refractivity contribution is -0.206. The van der Waals surface area contributed by atoms with Crippen molar-refractivity contribution in [1.29, 1.82) is 0 Å². The Bertz CT molecular complexity index is 170. The normalized spacial score (nSPS) is 43.0. The van der Waals surface area contributed by atoms with Gasteiger partial charge in [-0.3, -0.25) is 0 Å². The second kappa shape index (κ2) is 2.98. The molecule has 0 radical (unpaired) electrons. The molecule has 2 fully saturated rings. The van der Waals surface area contributed by atoms with E-state index in [1.165, 1.54) is 19.3 Å². The van der Waals surface area contributed by atoms with Gasteiger partial charge in [0.05, 0.1) is 12.7 Å². The molecule has 12 heavy (non-hydrogen) atoms. The SMILES string of the molecule is CC1(C2CCC2)OCC(CN)O1. The van der Waals surface area contributed by atoms with Crippen molar-refractivity contribution in [2.24, 2.45) is 11.7 Å². The van der Waals surface area contributed by atoms with E-state index in [0.29, 0.717) is 19.1 Å². The highest BCUT2D eigenvalue weighted by Crippen LogP contribution is 2.42. The molecule has 0 amide bonds. The summed E-state index contributed by atoms with van der Waals surface area (Å²) in [6.07, 6.45) is 3.93. The topological polar surface area (TPSA) is 44.5 Å². The molecule has 1 aliphatic heterocycles. The zero-order chi connectivity index (χ0) is 8.60. The monoisotopic (exact) mass is 171 g/mol. The number of hydrogen-bond donors (Lipinski definition) is 1. The van der Waals surface area contributed by atoms with E-state index in [9.17, 15) is 0 Å². The van der Waals surface area contributed by atoms with E-state index in [1.54, 1.807) is 0 Å². The highest BCUT2D eigenvalue weighted by molar-refractivity contribution is 4.87. The van der Waals surface area contributed by atoms with Gasteiger partial charge in [-0.25, -0.2) is 0 Å². The van der Waals surface area contributed by atoms with E-state index >= 15 is 0 Å². The van der Waals surface area contributed by atoms with E-state index in [-0.39, 0.29) is 11.9 Å². The van der Waals surface area contributed by atoms with Crippen LogP contribution in [-0.4, -0.2) is 25.0 Å². The zero-order valence-electron chi connectivity index (χ0n) is 7.58. The first-order valence-electron chi connectivity index (χ1n) is 4.76. The van der Waals surface area contributed by atoms with Gasteiger partial charge in [0.2, 0.25) is 0 Å². The van der Waals surface area contributed by atoms with Gasteiger partial charge in [0.15, 0.2) is 5.79 Å². The summed E-state index contributed by atoms with van der Waals surface area (Å²) in [5, 5.41) is 0. The molecular weight excluding hydrogens is 154 g/mol. The molecular formula is C9H17NO2. The van der Waals surface area contributed by atoms with Gasteiger partial charge < -0.3 is 15.2 Å². The molecule has 0 bridgehead atoms. The quantitative estimate of drug-likeness (QED) is 0.670. The van der Waals surface area contributed by atoms with Crippen molar-refractivity contribution in [2.45, 2.75) is 38.1 Å². The molecule has 1 saturated heterocycles. The molecule has 0 spiro atoms. The number of hydrogen-bond acceptors (Lipinski definition) is 3. The van der Waals surface area contributed by atoms with Crippen LogP contribution in [0.2, 0.25) is 0 Å². The van der Waals surface area contributed by atoms with E-state index < -0.39 is 0 Å². The summed E-state index contributed by atoms with van der Waals surface area (Å²) < 4.78 is 11.4. The smallest absolute Gasteiger partial charge is 0.168 e. The molecule has 3 nitrogen and oxygen atoms in total. The predicted octanol–water partition coefficient (Wildman–Crippen LogP) is 0.877. The second-order valence-electron chi connectivity index (χ2n) is 3.93. The molecule has 1 saturated carbocycles. The lowest BCUT2D eigenvalue weighted by Crippen LogP contribution is -2.40. The van der Waals surface area contributed by atoms with Crippen LogP contribution in [0, 0.1) is 5.92 Å². The van der Waals surface area contributed by atoms with Crippen LogP contribution in [0.1, 0.15) is 26.2 Å². The van der Waals surface area contributed by atoms with E-state index in [4.69, 9.17) is 15.2 Å². The minimum absolute atomic E-state index is 0.121. The van der Waals surface area contributed by atoms with Crippen molar-refractivity contribution in [1.82, 2.24) is 0 Å². The third kappa shape index (κ3) is 1.26. The van der Waals surface area contributed by atoms with Crippen molar-refractivity contribution >= 4 is 0 Å². The van der Waals surface area contributed by atoms with E-state index in [1.807, 2.05) is 6.92 Å². The maximum Gasteiger partial charge on any atom is 0.168 e. The van der Waals surface area contributed by atoms with Crippen LogP contribution in [-0.2, 0) is 9.47 Å². The number of rotatable bonds is 2. The number of ether oxygens (including phenoxy) is 2. The zero-order valence-corrected chi connectivity index (χ0v) is 7.58. The van der Waals surface area contributed by atoms with Crippen LogP contribution in [0.5, 0.6) is 0 Å². The van der Waals surface area contributed by atoms with E-state index in [2.05, 4.69) is 0 Å². The van der Waals surface area contributed by atoms with Crippen LogP contribution >= 0.6 is 0 Å². The first kappa shape index (κ1) is 8.48. The van der Waals surface area contributed by atoms with Crippen molar-refractivity contribution in [3.05, 3.63) is 0 Å². The van der Waals surface area contributed by atoms with Gasteiger partial charge in [0, 0.05) is 12.5 Å². The lowest BCUT2D eigenvalue weighted by Gasteiger charge is -2.38. The third-order valence-electron chi connectivity index (χ3n) is 3.07. The summed E-state index contributed by atoms with van der Waals surface area (Å²) in [5.74, 6) is 0.288. The van der Waals surface area contributed by atoms with Crippen LogP contribution < -0.4 is 5.73 Å². The highest BCUT2D eigenvalue weighted by Gasteiger charge is 2.45. The van der Waals surface area contributed by atoms with Gasteiger partial charge in [-0.1, -0.05) is 6.42 Å². The maximum absolute atomic E-state index is 5.75. The molecule has 0 aromatic carbocycles. The minimum Gasteiger partial charge on any atom is -0.347 e. The Morgan fingerprint density at radius 1 is 1.50 bits per heavy atom. The van der Waals surface area contributed by atoms with Crippen LogP contribution in [0.3, 0.4) is 0 Å². The largest absolute Gasteiger partial charge is 0.347 e. The average molecular weight is 171 g/mol. The predicted molar refractivity (Wildman–Crippen MR) is 45.6 cm³/mol. The Kier molecular flexibility index (Phi) is 2.10. The summed E-state index contributed by atoms with van der Waals surface area (Å²) in [6, 6.07) is 0. The lowest BCUT2D eigenvalue weighted by atomic mass is 9.79. The maximum atomic E-state index is 5.75. The standard InChI is InChI=1S/C9H17NO2/c1-9(7-3-2-4-7)11-6-8(5-10)12-9/h7-8H,2-6,10H2,1H3. The van der Waals surface area contributed by atoms with Gasteiger partial charge in [-0.15, -0.1) is 0 Å². The fourth-order valence-corrected chi connectivity index (χ4v) is 1.92. The Hall–Kier alpha value is -0.120. The molecule has 2 rings (SSSR count). The molecule has 2 aliphatic rings. The van der Waals surface area contributed by atoms with Crippen molar-refractivity contribution in [3.8, 4) is 0 Å². The Balaban J connectivity index is 1.94. The van der Waals surface area contributed by atoms with Crippen LogP contribution in [0.25, 0.3) is 0 Å². The molecule has 1 aliphatic carbocycles. The molecule has 70 valence electrons. The van der Waals surface area contributed by atoms with Crippen LogP contribution in [0.15, 0.2) is 0 Å². The summed E-state index contributed by atoms with van der Waals surface area (Å²) >= 11 is 0. The summed E-state index contributed by atoms with van der Waals surface area (Å²) in [5.41, 5.74) is 5.51. The first-order valence-corrected chi connectivity index (χ1v) is 4.76. The molecule has 2 unspecified atom stereocenters. The Morgan fingerprint density at radius 3 is 2.67 bits per heavy atom. The average Bonchev–Trinajstić information content (AvgIpc) is 2.28. The second-order valence-corrected chi connectivity index (χ2v) is 3.93. The summed E-state index contributed by atoms with van der Waals surface area (Å²) in [4.78, 5) is 0. The summed E-state index contributed by atoms with van der Waals surface area (Å²) in [6.45, 7) is 3.29. The van der Waals surface area contributed by atoms with Gasteiger partial charge in [0.1, 0.15) is 0 Å². The van der Waals surface area contributed by atoms with Crippen molar-refractivity contribution < 1.29 is 9.47 Å². The fourth-order valence-electron chi connectivity index (χ4n) is 1.92. The fraction of sp³-hybridized carbons (Fsp3) is 1.00. The molecule has 0 aromatic heterocycles. The number of nitrogens with two attached hydrogens (primary N) is 1. The van der Waals surface area contributed by atoms with Crippen molar-refractivity contribution in [3.63, 3.8) is 0 Å². The Labute approximate surface area is 73.2 Å². The van der Waals surface area contributed by atoms with Gasteiger partial charge in [-0.2, -0.15) is 0 Å². The highest BCUT2D eigenvalue weighted by atomic mass is 16.7. The van der Waals surface area contributed by atoms with Crippen LogP contribution in [0.4, 0.5) is 0 Å².